The zero-order valence-corrected chi connectivity index (χ0v) is 21.1. The van der Waals surface area contributed by atoms with Crippen molar-refractivity contribution >= 4 is 35.3 Å². The number of imide groups is 2. The SMILES string of the molecule is C=CCOc1c(CC=C)cc(C=C2C(=O)N(c3ccccc3)C(=O)N(c3ccccc3)C2=O)cc1OCC. The lowest BCUT2D eigenvalue weighted by Crippen LogP contribution is -2.57. The Morgan fingerprint density at radius 2 is 1.37 bits per heavy atom. The molecule has 1 aliphatic heterocycles. The maximum Gasteiger partial charge on any atom is 0.343 e. The van der Waals surface area contributed by atoms with Crippen molar-refractivity contribution in [3.05, 3.63) is 115 Å². The number of amides is 4. The number of para-hydroxylation sites is 2. The van der Waals surface area contributed by atoms with Crippen molar-refractivity contribution in [2.75, 3.05) is 23.0 Å². The molecule has 4 rings (SSSR count). The van der Waals surface area contributed by atoms with Gasteiger partial charge < -0.3 is 9.47 Å². The molecule has 3 aromatic carbocycles. The Morgan fingerprint density at radius 3 is 1.87 bits per heavy atom. The van der Waals surface area contributed by atoms with Gasteiger partial charge in [0.2, 0.25) is 0 Å². The van der Waals surface area contributed by atoms with Crippen molar-refractivity contribution in [2.45, 2.75) is 13.3 Å². The average Bonchev–Trinajstić information content (AvgIpc) is 2.92. The van der Waals surface area contributed by atoms with Gasteiger partial charge >= 0.3 is 6.03 Å². The van der Waals surface area contributed by atoms with Crippen LogP contribution in [0.5, 0.6) is 11.5 Å². The third kappa shape index (κ3) is 5.27. The highest BCUT2D eigenvalue weighted by Gasteiger charge is 2.43. The Morgan fingerprint density at radius 1 is 0.789 bits per heavy atom. The summed E-state index contributed by atoms with van der Waals surface area (Å²) in [5, 5.41) is 0. The van der Waals surface area contributed by atoms with Crippen molar-refractivity contribution in [1.82, 2.24) is 0 Å². The van der Waals surface area contributed by atoms with Gasteiger partial charge in [0.25, 0.3) is 11.8 Å². The Bertz CT molecular complexity index is 1330. The molecule has 3 aromatic rings. The Hall–Kier alpha value is -4.91. The predicted molar refractivity (Wildman–Crippen MR) is 148 cm³/mol. The lowest BCUT2D eigenvalue weighted by molar-refractivity contribution is -0.121. The first-order valence-corrected chi connectivity index (χ1v) is 12.2. The molecule has 7 heteroatoms. The molecule has 0 radical (unpaired) electrons. The lowest BCUT2D eigenvalue weighted by atomic mass is 10.0. The molecule has 0 unspecified atom stereocenters. The maximum atomic E-state index is 13.7. The molecule has 7 nitrogen and oxygen atoms in total. The van der Waals surface area contributed by atoms with Crippen LogP contribution in [-0.4, -0.2) is 31.1 Å². The van der Waals surface area contributed by atoms with E-state index in [2.05, 4.69) is 13.2 Å². The predicted octanol–water partition coefficient (Wildman–Crippen LogP) is 5.96. The van der Waals surface area contributed by atoms with E-state index < -0.39 is 17.8 Å². The molecule has 1 saturated heterocycles. The van der Waals surface area contributed by atoms with Crippen LogP contribution in [0.4, 0.5) is 16.2 Å². The number of rotatable bonds is 10. The van der Waals surface area contributed by atoms with E-state index >= 15 is 0 Å². The molecule has 38 heavy (non-hydrogen) atoms. The molecular weight excluding hydrogens is 480 g/mol. The number of nitrogens with zero attached hydrogens (tertiary/aromatic N) is 2. The van der Waals surface area contributed by atoms with Crippen molar-refractivity contribution in [3.8, 4) is 11.5 Å². The number of ether oxygens (including phenoxy) is 2. The molecule has 0 spiro atoms. The van der Waals surface area contributed by atoms with Gasteiger partial charge in [0.1, 0.15) is 12.2 Å². The van der Waals surface area contributed by atoms with Gasteiger partial charge in [0.05, 0.1) is 18.0 Å². The first-order valence-electron chi connectivity index (χ1n) is 12.2. The van der Waals surface area contributed by atoms with E-state index in [4.69, 9.17) is 9.47 Å². The van der Waals surface area contributed by atoms with Gasteiger partial charge in [0, 0.05) is 5.56 Å². The standard InChI is InChI=1S/C31H28N2O5/c1-4-13-23-19-22(21-27(37-6-3)28(23)38-18-5-2)20-26-29(34)32(24-14-9-7-10-15-24)31(36)33(30(26)35)25-16-11-8-12-17-25/h4-5,7-12,14-17,19-21H,1-2,6,13,18H2,3H3. The van der Waals surface area contributed by atoms with E-state index in [0.717, 1.165) is 15.4 Å². The molecule has 1 heterocycles. The van der Waals surface area contributed by atoms with Crippen LogP contribution >= 0.6 is 0 Å². The van der Waals surface area contributed by atoms with Gasteiger partial charge in [-0.2, -0.15) is 0 Å². The van der Waals surface area contributed by atoms with E-state index in [1.807, 2.05) is 13.0 Å². The summed E-state index contributed by atoms with van der Waals surface area (Å²) in [6.07, 6.45) is 5.31. The maximum absolute atomic E-state index is 13.7. The van der Waals surface area contributed by atoms with E-state index in [-0.39, 0.29) is 12.2 Å². The van der Waals surface area contributed by atoms with E-state index in [9.17, 15) is 14.4 Å². The minimum absolute atomic E-state index is 0.163. The van der Waals surface area contributed by atoms with Gasteiger partial charge in [0.15, 0.2) is 11.5 Å². The zero-order valence-electron chi connectivity index (χ0n) is 21.1. The molecule has 0 aliphatic carbocycles. The zero-order chi connectivity index (χ0) is 27.1. The van der Waals surface area contributed by atoms with Crippen LogP contribution in [0.1, 0.15) is 18.1 Å². The second kappa shape index (κ2) is 11.9. The van der Waals surface area contributed by atoms with Crippen LogP contribution in [0.3, 0.4) is 0 Å². The molecule has 1 aliphatic rings. The second-order valence-electron chi connectivity index (χ2n) is 8.33. The summed E-state index contributed by atoms with van der Waals surface area (Å²) in [5.74, 6) is -0.420. The van der Waals surface area contributed by atoms with E-state index in [1.165, 1.54) is 6.08 Å². The molecule has 0 saturated carbocycles. The number of hydrogen-bond donors (Lipinski definition) is 0. The number of urea groups is 1. The monoisotopic (exact) mass is 508 g/mol. The Labute approximate surface area is 221 Å². The van der Waals surface area contributed by atoms with Gasteiger partial charge in [-0.05, 0) is 61.4 Å². The Kier molecular flexibility index (Phi) is 8.18. The van der Waals surface area contributed by atoms with E-state index in [1.54, 1.807) is 78.9 Å². The highest BCUT2D eigenvalue weighted by atomic mass is 16.5. The molecule has 192 valence electrons. The van der Waals surface area contributed by atoms with Crippen LogP contribution in [0.25, 0.3) is 6.08 Å². The normalized spacial score (nSPS) is 13.4. The minimum atomic E-state index is -0.745. The van der Waals surface area contributed by atoms with Crippen molar-refractivity contribution in [1.29, 1.82) is 0 Å². The number of carbonyl (C=O) groups excluding carboxylic acids is 3. The van der Waals surface area contributed by atoms with Crippen molar-refractivity contribution < 1.29 is 23.9 Å². The van der Waals surface area contributed by atoms with Crippen LogP contribution in [0, 0.1) is 0 Å². The molecular formula is C31H28N2O5. The van der Waals surface area contributed by atoms with Crippen LogP contribution in [0.2, 0.25) is 0 Å². The fourth-order valence-corrected chi connectivity index (χ4v) is 4.15. The molecule has 4 amide bonds. The summed E-state index contributed by atoms with van der Waals surface area (Å²) in [7, 11) is 0. The van der Waals surface area contributed by atoms with E-state index in [0.29, 0.717) is 41.5 Å². The van der Waals surface area contributed by atoms with Crippen molar-refractivity contribution in [2.24, 2.45) is 0 Å². The average molecular weight is 509 g/mol. The number of anilines is 2. The summed E-state index contributed by atoms with van der Waals surface area (Å²) in [4.78, 5) is 42.8. The largest absolute Gasteiger partial charge is 0.490 e. The number of benzene rings is 3. The number of allylic oxidation sites excluding steroid dienone is 1. The summed E-state index contributed by atoms with van der Waals surface area (Å²) >= 11 is 0. The number of carbonyl (C=O) groups is 3. The van der Waals surface area contributed by atoms with Gasteiger partial charge in [-0.3, -0.25) is 9.59 Å². The Balaban J connectivity index is 1.88. The first-order chi connectivity index (χ1) is 18.5. The lowest BCUT2D eigenvalue weighted by Gasteiger charge is -2.34. The number of barbiturate groups is 1. The summed E-state index contributed by atoms with van der Waals surface area (Å²) < 4.78 is 11.7. The fraction of sp³-hybridized carbons (Fsp3) is 0.129. The van der Waals surface area contributed by atoms with Crippen LogP contribution in [0.15, 0.2) is 104 Å². The third-order valence-corrected chi connectivity index (χ3v) is 5.75. The molecule has 0 N–H and O–H groups in total. The second-order valence-corrected chi connectivity index (χ2v) is 8.33. The van der Waals surface area contributed by atoms with Gasteiger partial charge in [-0.1, -0.05) is 55.1 Å². The van der Waals surface area contributed by atoms with Crippen molar-refractivity contribution in [3.63, 3.8) is 0 Å². The topological polar surface area (TPSA) is 76.2 Å². The van der Waals surface area contributed by atoms with Crippen LogP contribution in [-0.2, 0) is 16.0 Å². The molecule has 0 aromatic heterocycles. The molecule has 0 atom stereocenters. The van der Waals surface area contributed by atoms with Gasteiger partial charge in [-0.25, -0.2) is 14.6 Å². The highest BCUT2D eigenvalue weighted by molar-refractivity contribution is 6.46. The minimum Gasteiger partial charge on any atom is -0.490 e. The number of hydrogen-bond acceptors (Lipinski definition) is 5. The smallest absolute Gasteiger partial charge is 0.343 e. The summed E-state index contributed by atoms with van der Waals surface area (Å²) in [5.41, 5.74) is 1.87. The first kappa shape index (κ1) is 26.2. The molecule has 0 bridgehead atoms. The van der Waals surface area contributed by atoms with Gasteiger partial charge in [-0.15, -0.1) is 6.58 Å². The van der Waals surface area contributed by atoms with Crippen LogP contribution < -0.4 is 19.3 Å². The highest BCUT2D eigenvalue weighted by Crippen LogP contribution is 2.36. The summed E-state index contributed by atoms with van der Waals surface area (Å²) in [6.45, 7) is 10.0. The quantitative estimate of drug-likeness (QED) is 0.192. The fourth-order valence-electron chi connectivity index (χ4n) is 4.15. The third-order valence-electron chi connectivity index (χ3n) is 5.75. The molecule has 1 fully saturated rings. The summed E-state index contributed by atoms with van der Waals surface area (Å²) in [6, 6.07) is 19.8.